The molecule has 0 amide bonds. The molecular formula is C36H56O2. The van der Waals surface area contributed by atoms with E-state index in [1.807, 2.05) is 0 Å². The van der Waals surface area contributed by atoms with E-state index in [9.17, 15) is 0 Å². The van der Waals surface area contributed by atoms with Crippen LogP contribution >= 0.6 is 0 Å². The first kappa shape index (κ1) is 27.3. The van der Waals surface area contributed by atoms with Gasteiger partial charge < -0.3 is 9.47 Å². The summed E-state index contributed by atoms with van der Waals surface area (Å²) in [5.74, 6) is 5.15. The summed E-state index contributed by atoms with van der Waals surface area (Å²) in [6.45, 7) is 4.63. The largest absolute Gasteiger partial charge is 0.369 e. The van der Waals surface area contributed by atoms with E-state index in [1.54, 1.807) is 5.56 Å². The molecule has 0 bridgehead atoms. The van der Waals surface area contributed by atoms with Crippen LogP contribution in [0.15, 0.2) is 24.3 Å². The van der Waals surface area contributed by atoms with Gasteiger partial charge in [0.05, 0.1) is 24.4 Å². The Balaban J connectivity index is 0.882. The number of hydrogen-bond acceptors (Lipinski definition) is 2. The van der Waals surface area contributed by atoms with E-state index in [2.05, 4.69) is 38.1 Å². The molecule has 0 N–H and O–H groups in total. The Labute approximate surface area is 234 Å². The van der Waals surface area contributed by atoms with Gasteiger partial charge in [-0.3, -0.25) is 0 Å². The molecule has 3 aliphatic carbocycles. The number of unbranched alkanes of at least 4 members (excludes halogenated alkanes) is 2. The first-order valence-corrected chi connectivity index (χ1v) is 17.1. The van der Waals surface area contributed by atoms with Crippen molar-refractivity contribution in [1.29, 1.82) is 0 Å². The number of hydrogen-bond donors (Lipinski definition) is 0. The van der Waals surface area contributed by atoms with Gasteiger partial charge in [-0.15, -0.1) is 0 Å². The van der Waals surface area contributed by atoms with Gasteiger partial charge in [0.25, 0.3) is 0 Å². The molecule has 4 atom stereocenters. The van der Waals surface area contributed by atoms with Crippen molar-refractivity contribution in [3.63, 3.8) is 0 Å². The zero-order valence-electron chi connectivity index (χ0n) is 24.6. The molecule has 5 aliphatic rings. The van der Waals surface area contributed by atoms with E-state index in [-0.39, 0.29) is 0 Å². The molecule has 1 aromatic rings. The minimum Gasteiger partial charge on any atom is -0.369 e. The molecule has 38 heavy (non-hydrogen) atoms. The van der Waals surface area contributed by atoms with E-state index in [1.165, 1.54) is 121 Å². The highest BCUT2D eigenvalue weighted by atomic mass is 16.6. The van der Waals surface area contributed by atoms with E-state index in [0.29, 0.717) is 24.4 Å². The van der Waals surface area contributed by atoms with Gasteiger partial charge in [-0.05, 0) is 124 Å². The van der Waals surface area contributed by atoms with Crippen molar-refractivity contribution in [2.45, 2.75) is 160 Å². The van der Waals surface area contributed by atoms with Crippen LogP contribution in [0.25, 0.3) is 0 Å². The lowest BCUT2D eigenvalue weighted by Crippen LogP contribution is -2.27. The molecule has 2 heteroatoms. The number of rotatable bonds is 11. The minimum atomic E-state index is 0.585. The molecule has 2 aliphatic heterocycles. The number of ether oxygens (including phenoxy) is 2. The fourth-order valence-corrected chi connectivity index (χ4v) is 9.12. The normalized spacial score (nSPS) is 41.1. The lowest BCUT2D eigenvalue weighted by Gasteiger charge is -2.30. The van der Waals surface area contributed by atoms with Gasteiger partial charge in [-0.1, -0.05) is 76.6 Å². The van der Waals surface area contributed by atoms with Crippen LogP contribution in [0, 0.1) is 29.6 Å². The van der Waals surface area contributed by atoms with E-state index < -0.39 is 0 Å². The van der Waals surface area contributed by atoms with Crippen molar-refractivity contribution in [2.75, 3.05) is 0 Å². The van der Waals surface area contributed by atoms with Crippen LogP contribution in [0.1, 0.15) is 140 Å². The maximum atomic E-state index is 6.43. The molecule has 0 spiro atoms. The second kappa shape index (κ2) is 12.8. The number of aryl methyl sites for hydroxylation is 1. The Kier molecular flexibility index (Phi) is 9.17. The second-order valence-electron chi connectivity index (χ2n) is 14.2. The summed E-state index contributed by atoms with van der Waals surface area (Å²) in [5.41, 5.74) is 3.11. The topological polar surface area (TPSA) is 25.1 Å². The van der Waals surface area contributed by atoms with Gasteiger partial charge in [-0.2, -0.15) is 0 Å². The third-order valence-corrected chi connectivity index (χ3v) is 11.7. The molecule has 0 radical (unpaired) electrons. The van der Waals surface area contributed by atoms with Crippen LogP contribution in [-0.2, 0) is 15.9 Å². The maximum absolute atomic E-state index is 6.43. The maximum Gasteiger partial charge on any atom is 0.0872 e. The summed E-state index contributed by atoms with van der Waals surface area (Å²) < 4.78 is 12.8. The van der Waals surface area contributed by atoms with Crippen molar-refractivity contribution in [1.82, 2.24) is 0 Å². The van der Waals surface area contributed by atoms with Crippen LogP contribution in [0.5, 0.6) is 0 Å². The quantitative estimate of drug-likeness (QED) is 0.214. The molecule has 2 heterocycles. The summed E-state index contributed by atoms with van der Waals surface area (Å²) in [4.78, 5) is 0. The Morgan fingerprint density at radius 1 is 0.553 bits per heavy atom. The number of epoxide rings is 2. The van der Waals surface area contributed by atoms with Crippen LogP contribution in [-0.4, -0.2) is 24.4 Å². The van der Waals surface area contributed by atoms with Gasteiger partial charge in [0, 0.05) is 0 Å². The van der Waals surface area contributed by atoms with Gasteiger partial charge >= 0.3 is 0 Å². The zero-order valence-corrected chi connectivity index (χ0v) is 24.6. The highest BCUT2D eigenvalue weighted by Gasteiger charge is 2.53. The molecule has 212 valence electrons. The van der Waals surface area contributed by atoms with Crippen molar-refractivity contribution >= 4 is 0 Å². The fraction of sp³-hybridized carbons (Fsp3) is 0.833. The van der Waals surface area contributed by atoms with E-state index in [0.717, 1.165) is 35.5 Å². The average molecular weight is 521 g/mol. The molecule has 0 aromatic heterocycles. The molecule has 4 unspecified atom stereocenters. The van der Waals surface area contributed by atoms with E-state index >= 15 is 0 Å². The predicted octanol–water partition coefficient (Wildman–Crippen LogP) is 9.64. The lowest BCUT2D eigenvalue weighted by atomic mass is 9.73. The zero-order chi connectivity index (χ0) is 25.9. The molecule has 5 fully saturated rings. The SMILES string of the molecule is CCCCCc1ccc([C@H]2CC[C@H](C3OC3[C@H]3CC[C@H](C4OC4[C@H]4CC[C@H](CCC)CC4)CC3)CC2)cc1. The Hall–Kier alpha value is -0.860. The van der Waals surface area contributed by atoms with Gasteiger partial charge in [0.1, 0.15) is 0 Å². The lowest BCUT2D eigenvalue weighted by molar-refractivity contribution is 0.189. The monoisotopic (exact) mass is 520 g/mol. The third-order valence-electron chi connectivity index (χ3n) is 11.7. The molecular weight excluding hydrogens is 464 g/mol. The van der Waals surface area contributed by atoms with Crippen molar-refractivity contribution in [3.8, 4) is 0 Å². The Morgan fingerprint density at radius 3 is 1.50 bits per heavy atom. The standard InChI is InChI=1S/C36H56O2/c1-3-5-6-8-26-9-13-27(14-10-26)28-17-19-30(20-18-28)34-36(38-34)32-23-21-31(22-24-32)35-33(37-35)29-15-11-25(7-4-2)12-16-29/h9-10,13-14,25,28-36H,3-8,11-12,15-24H2,1-2H3/t25-,28-,29-,30-,31-,32-,33?,34?,35?,36?. The van der Waals surface area contributed by atoms with Crippen molar-refractivity contribution in [3.05, 3.63) is 35.4 Å². The summed E-state index contributed by atoms with van der Waals surface area (Å²) in [7, 11) is 0. The summed E-state index contributed by atoms with van der Waals surface area (Å²) in [6, 6.07) is 9.68. The highest BCUT2D eigenvalue weighted by Crippen LogP contribution is 2.51. The van der Waals surface area contributed by atoms with Crippen LogP contribution in [0.2, 0.25) is 0 Å². The minimum absolute atomic E-state index is 0.585. The fourth-order valence-electron chi connectivity index (χ4n) is 9.12. The van der Waals surface area contributed by atoms with E-state index in [4.69, 9.17) is 9.47 Å². The van der Waals surface area contributed by atoms with Gasteiger partial charge in [-0.25, -0.2) is 0 Å². The smallest absolute Gasteiger partial charge is 0.0872 e. The van der Waals surface area contributed by atoms with Crippen LogP contribution < -0.4 is 0 Å². The van der Waals surface area contributed by atoms with Crippen molar-refractivity contribution < 1.29 is 9.47 Å². The average Bonchev–Trinajstić information content (AvgIpc) is 3.89. The van der Waals surface area contributed by atoms with Gasteiger partial charge in [0.15, 0.2) is 0 Å². The molecule has 3 saturated carbocycles. The van der Waals surface area contributed by atoms with Crippen molar-refractivity contribution in [2.24, 2.45) is 29.6 Å². The van der Waals surface area contributed by atoms with Crippen LogP contribution in [0.4, 0.5) is 0 Å². The highest BCUT2D eigenvalue weighted by molar-refractivity contribution is 5.26. The summed E-state index contributed by atoms with van der Waals surface area (Å²) in [6.07, 6.45) is 27.3. The Morgan fingerprint density at radius 2 is 1.03 bits per heavy atom. The van der Waals surface area contributed by atoms with Crippen LogP contribution in [0.3, 0.4) is 0 Å². The molecule has 2 nitrogen and oxygen atoms in total. The Bertz CT molecular complexity index is 839. The molecule has 2 saturated heterocycles. The summed E-state index contributed by atoms with van der Waals surface area (Å²) in [5, 5.41) is 0. The molecule has 1 aromatic carbocycles. The first-order valence-electron chi connectivity index (χ1n) is 17.1. The molecule has 6 rings (SSSR count). The summed E-state index contributed by atoms with van der Waals surface area (Å²) >= 11 is 0. The first-order chi connectivity index (χ1) is 18.7. The third kappa shape index (κ3) is 6.54. The predicted molar refractivity (Wildman–Crippen MR) is 157 cm³/mol. The number of benzene rings is 1. The second-order valence-corrected chi connectivity index (χ2v) is 14.2. The van der Waals surface area contributed by atoms with Gasteiger partial charge in [0.2, 0.25) is 0 Å².